The molecule has 0 aliphatic carbocycles. The van der Waals surface area contributed by atoms with Crippen LogP contribution in [0.4, 0.5) is 0 Å². The van der Waals surface area contributed by atoms with E-state index in [-0.39, 0.29) is 31.1 Å². The van der Waals surface area contributed by atoms with Gasteiger partial charge in [0.2, 0.25) is 0 Å². The average molecular weight is 992 g/mol. The van der Waals surface area contributed by atoms with Gasteiger partial charge in [-0.1, -0.05) is 286 Å². The molecule has 0 aromatic carbocycles. The summed E-state index contributed by atoms with van der Waals surface area (Å²) in [4.78, 5) is 38.1. The van der Waals surface area contributed by atoms with Gasteiger partial charge in [0.25, 0.3) is 0 Å². The zero-order valence-corrected chi connectivity index (χ0v) is 47.0. The van der Waals surface area contributed by atoms with Crippen molar-refractivity contribution in [2.24, 2.45) is 0 Å². The number of carbonyl (C=O) groups excluding carboxylic acids is 3. The van der Waals surface area contributed by atoms with Gasteiger partial charge < -0.3 is 14.2 Å². The molecule has 410 valence electrons. The molecule has 0 aromatic rings. The van der Waals surface area contributed by atoms with Gasteiger partial charge in [0.15, 0.2) is 6.10 Å². The lowest BCUT2D eigenvalue weighted by Crippen LogP contribution is -2.30. The Labute approximate surface area is 440 Å². The first-order chi connectivity index (χ1) is 35.0. The molecule has 0 aromatic heterocycles. The Bertz CT molecular complexity index is 1320. The van der Waals surface area contributed by atoms with Crippen LogP contribution in [0.1, 0.15) is 303 Å². The van der Waals surface area contributed by atoms with Crippen molar-refractivity contribution in [2.45, 2.75) is 309 Å². The van der Waals surface area contributed by atoms with Crippen LogP contribution in [-0.4, -0.2) is 37.2 Å². The van der Waals surface area contributed by atoms with Gasteiger partial charge in [-0.25, -0.2) is 0 Å². The lowest BCUT2D eigenvalue weighted by Gasteiger charge is -2.18. The third-order valence-electron chi connectivity index (χ3n) is 13.2. The normalized spacial score (nSPS) is 12.5. The molecule has 0 N–H and O–H groups in total. The predicted octanol–water partition coefficient (Wildman–Crippen LogP) is 20.5. The number of hydrogen-bond donors (Lipinski definition) is 0. The highest BCUT2D eigenvalue weighted by atomic mass is 16.6. The fraction of sp³-hybridized carbons (Fsp3) is 0.769. The summed E-state index contributed by atoms with van der Waals surface area (Å²) in [6, 6.07) is 0. The summed E-state index contributed by atoms with van der Waals surface area (Å²) >= 11 is 0. The summed E-state index contributed by atoms with van der Waals surface area (Å²) in [7, 11) is 0. The lowest BCUT2D eigenvalue weighted by molar-refractivity contribution is -0.167. The van der Waals surface area contributed by atoms with Gasteiger partial charge in [0.05, 0.1) is 0 Å². The predicted molar refractivity (Wildman–Crippen MR) is 307 cm³/mol. The number of hydrogen-bond acceptors (Lipinski definition) is 6. The minimum absolute atomic E-state index is 0.0715. The summed E-state index contributed by atoms with van der Waals surface area (Å²) in [6.45, 7) is 6.54. The van der Waals surface area contributed by atoms with E-state index in [9.17, 15) is 14.4 Å². The van der Waals surface area contributed by atoms with Crippen LogP contribution in [0.25, 0.3) is 0 Å². The first-order valence-electron chi connectivity index (χ1n) is 30.4. The Kier molecular flexibility index (Phi) is 56.8. The fourth-order valence-corrected chi connectivity index (χ4v) is 8.68. The van der Waals surface area contributed by atoms with Crippen LogP contribution in [0.3, 0.4) is 0 Å². The summed E-state index contributed by atoms with van der Waals surface area (Å²) in [5, 5.41) is 0. The van der Waals surface area contributed by atoms with Gasteiger partial charge in [-0.3, -0.25) is 14.4 Å². The molecular formula is C65H114O6. The van der Waals surface area contributed by atoms with Gasteiger partial charge in [0.1, 0.15) is 13.2 Å². The second-order valence-corrected chi connectivity index (χ2v) is 20.2. The highest BCUT2D eigenvalue weighted by Gasteiger charge is 2.19. The molecule has 0 aliphatic rings. The summed E-state index contributed by atoms with van der Waals surface area (Å²) in [5.41, 5.74) is 0. The molecule has 0 spiro atoms. The van der Waals surface area contributed by atoms with Gasteiger partial charge >= 0.3 is 17.9 Å². The number of ether oxygens (including phenoxy) is 3. The maximum atomic E-state index is 12.8. The molecule has 0 fully saturated rings. The molecule has 0 aliphatic heterocycles. The van der Waals surface area contributed by atoms with Crippen molar-refractivity contribution < 1.29 is 28.6 Å². The Morgan fingerprint density at radius 1 is 0.296 bits per heavy atom. The van der Waals surface area contributed by atoms with E-state index in [0.717, 1.165) is 96.3 Å². The van der Waals surface area contributed by atoms with Crippen LogP contribution < -0.4 is 0 Å². The highest BCUT2D eigenvalue weighted by molar-refractivity contribution is 5.71. The van der Waals surface area contributed by atoms with E-state index in [4.69, 9.17) is 14.2 Å². The zero-order valence-electron chi connectivity index (χ0n) is 47.0. The van der Waals surface area contributed by atoms with E-state index in [0.29, 0.717) is 19.3 Å². The molecule has 0 amide bonds. The van der Waals surface area contributed by atoms with Gasteiger partial charge in [0, 0.05) is 19.3 Å². The zero-order chi connectivity index (χ0) is 51.4. The standard InChI is InChI=1S/C65H114O6/c1-4-7-10-13-16-19-22-24-25-26-27-28-29-30-31-32-33-34-35-36-37-38-39-41-43-46-49-52-55-58-64(67)70-61-62(60-69-63(66)57-54-51-48-45-42-21-18-15-12-9-6-3)71-65(68)59-56-53-50-47-44-40-23-20-17-14-11-8-5-2/h7,10,16,19,24-25,27-28,30-31,33-34,62H,4-6,8-9,11-15,17-18,20-23,26,29,32,35-61H2,1-3H3/b10-7-,19-16-,25-24-,28-27-,31-30-,34-33-. The largest absolute Gasteiger partial charge is 0.462 e. The van der Waals surface area contributed by atoms with E-state index in [2.05, 4.69) is 93.7 Å². The molecule has 6 nitrogen and oxygen atoms in total. The maximum absolute atomic E-state index is 12.8. The van der Waals surface area contributed by atoms with Crippen molar-refractivity contribution in [3.63, 3.8) is 0 Å². The first kappa shape index (κ1) is 67.8. The van der Waals surface area contributed by atoms with E-state index in [1.54, 1.807) is 0 Å². The SMILES string of the molecule is CC/C=C\C/C=C\C/C=C\C/C=C\C/C=C\C/C=C\CCCCCCCCCCCCC(=O)OCC(COC(=O)CCCCCCCCCCCCC)OC(=O)CCCCCCCCCCCCCCC. The average Bonchev–Trinajstić information content (AvgIpc) is 3.37. The van der Waals surface area contributed by atoms with Crippen LogP contribution in [0.5, 0.6) is 0 Å². The number of allylic oxidation sites excluding steroid dienone is 12. The minimum Gasteiger partial charge on any atom is -0.462 e. The Morgan fingerprint density at radius 3 is 0.859 bits per heavy atom. The van der Waals surface area contributed by atoms with Crippen molar-refractivity contribution in [1.29, 1.82) is 0 Å². The monoisotopic (exact) mass is 991 g/mol. The molecule has 0 saturated heterocycles. The molecule has 0 radical (unpaired) electrons. The Balaban J connectivity index is 4.19. The van der Waals surface area contributed by atoms with E-state index in [1.165, 1.54) is 167 Å². The van der Waals surface area contributed by atoms with Gasteiger partial charge in [-0.15, -0.1) is 0 Å². The number of rotatable bonds is 55. The van der Waals surface area contributed by atoms with Crippen LogP contribution in [0.15, 0.2) is 72.9 Å². The lowest BCUT2D eigenvalue weighted by atomic mass is 10.0. The van der Waals surface area contributed by atoms with Crippen molar-refractivity contribution >= 4 is 17.9 Å². The van der Waals surface area contributed by atoms with E-state index in [1.807, 2.05) is 0 Å². The Hall–Kier alpha value is -3.15. The first-order valence-corrected chi connectivity index (χ1v) is 30.4. The van der Waals surface area contributed by atoms with Crippen LogP contribution in [-0.2, 0) is 28.6 Å². The second kappa shape index (κ2) is 59.4. The topological polar surface area (TPSA) is 78.9 Å². The molecule has 0 bridgehead atoms. The number of unbranched alkanes of at least 4 members (excludes halogenated alkanes) is 32. The maximum Gasteiger partial charge on any atom is 0.306 e. The quantitative estimate of drug-likeness (QED) is 0.0261. The summed E-state index contributed by atoms with van der Waals surface area (Å²) in [6.07, 6.45) is 76.2. The van der Waals surface area contributed by atoms with Gasteiger partial charge in [-0.05, 0) is 70.6 Å². The third-order valence-corrected chi connectivity index (χ3v) is 13.2. The van der Waals surface area contributed by atoms with Crippen molar-refractivity contribution in [1.82, 2.24) is 0 Å². The highest BCUT2D eigenvalue weighted by Crippen LogP contribution is 2.16. The molecular weight excluding hydrogens is 877 g/mol. The third kappa shape index (κ3) is 57.6. The smallest absolute Gasteiger partial charge is 0.306 e. The van der Waals surface area contributed by atoms with Crippen LogP contribution >= 0.6 is 0 Å². The van der Waals surface area contributed by atoms with Crippen LogP contribution in [0, 0.1) is 0 Å². The van der Waals surface area contributed by atoms with Crippen molar-refractivity contribution in [2.75, 3.05) is 13.2 Å². The fourth-order valence-electron chi connectivity index (χ4n) is 8.68. The molecule has 0 rings (SSSR count). The summed E-state index contributed by atoms with van der Waals surface area (Å²) in [5.74, 6) is -0.864. The van der Waals surface area contributed by atoms with Crippen molar-refractivity contribution in [3.8, 4) is 0 Å². The second-order valence-electron chi connectivity index (χ2n) is 20.2. The Morgan fingerprint density at radius 2 is 0.549 bits per heavy atom. The number of carbonyl (C=O) groups is 3. The van der Waals surface area contributed by atoms with Crippen molar-refractivity contribution in [3.05, 3.63) is 72.9 Å². The van der Waals surface area contributed by atoms with E-state index < -0.39 is 6.10 Å². The molecule has 0 saturated carbocycles. The number of esters is 3. The molecule has 71 heavy (non-hydrogen) atoms. The van der Waals surface area contributed by atoms with E-state index >= 15 is 0 Å². The van der Waals surface area contributed by atoms with Gasteiger partial charge in [-0.2, -0.15) is 0 Å². The summed E-state index contributed by atoms with van der Waals surface area (Å²) < 4.78 is 16.9. The molecule has 6 heteroatoms. The van der Waals surface area contributed by atoms with Crippen LogP contribution in [0.2, 0.25) is 0 Å². The molecule has 1 unspecified atom stereocenters. The molecule has 1 atom stereocenters. The minimum atomic E-state index is -0.772. The molecule has 0 heterocycles.